The molecule has 1 aromatic heterocycles. The van der Waals surface area contributed by atoms with Crippen LogP contribution in [0.15, 0.2) is 48.5 Å². The molecule has 0 aliphatic carbocycles. The maximum Gasteiger partial charge on any atom is 0.220 e. The second-order valence-corrected chi connectivity index (χ2v) is 6.95. The van der Waals surface area contributed by atoms with Crippen molar-refractivity contribution in [3.05, 3.63) is 54.1 Å². The molecule has 0 unspecified atom stereocenters. The van der Waals surface area contributed by atoms with Crippen molar-refractivity contribution in [2.75, 3.05) is 13.7 Å². The molecule has 0 spiro atoms. The van der Waals surface area contributed by atoms with Crippen molar-refractivity contribution in [1.29, 1.82) is 0 Å². The average molecular weight is 350 g/mol. The minimum atomic E-state index is 0.102. The number of fused-ring (bicyclic) bond motifs is 1. The Morgan fingerprint density at radius 2 is 1.85 bits per heavy atom. The highest BCUT2D eigenvalue weighted by atomic mass is 16.5. The molecule has 0 saturated heterocycles. The van der Waals surface area contributed by atoms with Gasteiger partial charge in [-0.05, 0) is 53.8 Å². The molecule has 3 aromatic rings. The standard InChI is InChI=1S/C22H26N2O2/c1-15(2)14-23-21(25)13-12-19-18-6-4-5-7-20(18)24-22(19)16-8-10-17(26-3)11-9-16/h4-11,15,24H,12-14H2,1-3H3,(H,23,25). The van der Waals surface area contributed by atoms with Gasteiger partial charge in [-0.3, -0.25) is 4.79 Å². The van der Waals surface area contributed by atoms with Gasteiger partial charge in [-0.2, -0.15) is 0 Å². The van der Waals surface area contributed by atoms with E-state index in [0.717, 1.165) is 29.1 Å². The van der Waals surface area contributed by atoms with Gasteiger partial charge in [0.15, 0.2) is 0 Å². The number of aromatic nitrogens is 1. The summed E-state index contributed by atoms with van der Waals surface area (Å²) >= 11 is 0. The number of aromatic amines is 1. The van der Waals surface area contributed by atoms with Crippen LogP contribution in [-0.2, 0) is 11.2 Å². The fourth-order valence-electron chi connectivity index (χ4n) is 3.11. The van der Waals surface area contributed by atoms with Gasteiger partial charge in [-0.1, -0.05) is 32.0 Å². The summed E-state index contributed by atoms with van der Waals surface area (Å²) in [4.78, 5) is 15.7. The Balaban J connectivity index is 1.88. The number of hydrogen-bond donors (Lipinski definition) is 2. The number of methoxy groups -OCH3 is 1. The summed E-state index contributed by atoms with van der Waals surface area (Å²) in [5.74, 6) is 1.39. The van der Waals surface area contributed by atoms with Crippen molar-refractivity contribution >= 4 is 16.8 Å². The monoisotopic (exact) mass is 350 g/mol. The number of nitrogens with one attached hydrogen (secondary N) is 2. The van der Waals surface area contributed by atoms with E-state index in [9.17, 15) is 4.79 Å². The van der Waals surface area contributed by atoms with E-state index in [4.69, 9.17) is 4.74 Å². The van der Waals surface area contributed by atoms with Gasteiger partial charge in [0.25, 0.3) is 0 Å². The highest BCUT2D eigenvalue weighted by Gasteiger charge is 2.14. The number of H-pyrrole nitrogens is 1. The number of ether oxygens (including phenoxy) is 1. The lowest BCUT2D eigenvalue weighted by Crippen LogP contribution is -2.27. The molecule has 3 rings (SSSR count). The van der Waals surface area contributed by atoms with Crippen molar-refractivity contribution in [3.63, 3.8) is 0 Å². The second kappa shape index (κ2) is 8.09. The van der Waals surface area contributed by atoms with Gasteiger partial charge in [0.05, 0.1) is 7.11 Å². The lowest BCUT2D eigenvalue weighted by molar-refractivity contribution is -0.121. The molecule has 0 fully saturated rings. The van der Waals surface area contributed by atoms with Gasteiger partial charge in [0.2, 0.25) is 5.91 Å². The largest absolute Gasteiger partial charge is 0.497 e. The smallest absolute Gasteiger partial charge is 0.220 e. The Hall–Kier alpha value is -2.75. The Morgan fingerprint density at radius 1 is 1.12 bits per heavy atom. The minimum Gasteiger partial charge on any atom is -0.497 e. The van der Waals surface area contributed by atoms with Gasteiger partial charge in [0.1, 0.15) is 5.75 Å². The molecule has 0 bridgehead atoms. The van der Waals surface area contributed by atoms with Crippen LogP contribution < -0.4 is 10.1 Å². The molecular weight excluding hydrogens is 324 g/mol. The Labute approximate surface area is 154 Å². The van der Waals surface area contributed by atoms with E-state index in [1.807, 2.05) is 36.4 Å². The molecule has 1 heterocycles. The summed E-state index contributed by atoms with van der Waals surface area (Å²) in [5, 5.41) is 4.18. The van der Waals surface area contributed by atoms with Gasteiger partial charge in [-0.25, -0.2) is 0 Å². The van der Waals surface area contributed by atoms with Gasteiger partial charge in [0, 0.05) is 29.6 Å². The number of aryl methyl sites for hydroxylation is 1. The predicted octanol–water partition coefficient (Wildman–Crippen LogP) is 4.55. The number of hydrogen-bond acceptors (Lipinski definition) is 2. The predicted molar refractivity (Wildman–Crippen MR) is 106 cm³/mol. The molecule has 0 saturated carbocycles. The molecule has 136 valence electrons. The summed E-state index contributed by atoms with van der Waals surface area (Å²) in [7, 11) is 1.67. The maximum absolute atomic E-state index is 12.2. The molecule has 26 heavy (non-hydrogen) atoms. The first-order chi connectivity index (χ1) is 12.6. The highest BCUT2D eigenvalue weighted by molar-refractivity contribution is 5.91. The molecule has 2 aromatic carbocycles. The first-order valence-corrected chi connectivity index (χ1v) is 9.09. The SMILES string of the molecule is COc1ccc(-c2[nH]c3ccccc3c2CCC(=O)NCC(C)C)cc1. The third-order valence-electron chi connectivity index (χ3n) is 4.50. The van der Waals surface area contributed by atoms with Crippen LogP contribution in [0.25, 0.3) is 22.2 Å². The molecule has 0 atom stereocenters. The van der Waals surface area contributed by atoms with Gasteiger partial charge >= 0.3 is 0 Å². The summed E-state index contributed by atoms with van der Waals surface area (Å²) in [6, 6.07) is 16.3. The van der Waals surface area contributed by atoms with Crippen LogP contribution in [0.3, 0.4) is 0 Å². The molecule has 4 heteroatoms. The number of carbonyl (C=O) groups is 1. The number of rotatable bonds is 7. The van der Waals surface area contributed by atoms with Crippen molar-refractivity contribution in [3.8, 4) is 17.0 Å². The summed E-state index contributed by atoms with van der Waals surface area (Å²) in [5.41, 5.74) is 4.45. The van der Waals surface area contributed by atoms with E-state index in [-0.39, 0.29) is 5.91 Å². The molecular formula is C22H26N2O2. The van der Waals surface area contributed by atoms with Crippen molar-refractivity contribution in [2.24, 2.45) is 5.92 Å². The number of para-hydroxylation sites is 1. The third kappa shape index (κ3) is 4.07. The summed E-state index contributed by atoms with van der Waals surface area (Å²) in [6.07, 6.45) is 1.19. The quantitative estimate of drug-likeness (QED) is 0.657. The van der Waals surface area contributed by atoms with Crippen LogP contribution in [0.1, 0.15) is 25.8 Å². The lowest BCUT2D eigenvalue weighted by atomic mass is 10.0. The molecule has 0 aliphatic rings. The second-order valence-electron chi connectivity index (χ2n) is 6.95. The van der Waals surface area contributed by atoms with Gasteiger partial charge < -0.3 is 15.0 Å². The van der Waals surface area contributed by atoms with E-state index in [1.165, 1.54) is 10.9 Å². The Morgan fingerprint density at radius 3 is 2.54 bits per heavy atom. The number of amides is 1. The highest BCUT2D eigenvalue weighted by Crippen LogP contribution is 2.32. The lowest BCUT2D eigenvalue weighted by Gasteiger charge is -2.09. The van der Waals surface area contributed by atoms with Gasteiger partial charge in [-0.15, -0.1) is 0 Å². The zero-order valence-corrected chi connectivity index (χ0v) is 15.6. The fraction of sp³-hybridized carbons (Fsp3) is 0.318. The maximum atomic E-state index is 12.2. The van der Waals surface area contributed by atoms with E-state index in [1.54, 1.807) is 7.11 Å². The summed E-state index contributed by atoms with van der Waals surface area (Å²) in [6.45, 7) is 4.92. The van der Waals surface area contributed by atoms with E-state index >= 15 is 0 Å². The van der Waals surface area contributed by atoms with Crippen molar-refractivity contribution < 1.29 is 9.53 Å². The molecule has 0 aliphatic heterocycles. The minimum absolute atomic E-state index is 0.102. The first kappa shape index (κ1) is 18.1. The zero-order chi connectivity index (χ0) is 18.5. The van der Waals surface area contributed by atoms with E-state index < -0.39 is 0 Å². The van der Waals surface area contributed by atoms with Crippen LogP contribution in [0, 0.1) is 5.92 Å². The Kier molecular flexibility index (Phi) is 5.61. The van der Waals surface area contributed by atoms with E-state index in [2.05, 4.69) is 36.3 Å². The fourth-order valence-corrected chi connectivity index (χ4v) is 3.11. The van der Waals surface area contributed by atoms with Crippen LogP contribution in [0.2, 0.25) is 0 Å². The topological polar surface area (TPSA) is 54.1 Å². The molecule has 0 radical (unpaired) electrons. The van der Waals surface area contributed by atoms with Crippen molar-refractivity contribution in [2.45, 2.75) is 26.7 Å². The van der Waals surface area contributed by atoms with Crippen molar-refractivity contribution in [1.82, 2.24) is 10.3 Å². The van der Waals surface area contributed by atoms with Crippen LogP contribution in [0.5, 0.6) is 5.75 Å². The number of benzene rings is 2. The third-order valence-corrected chi connectivity index (χ3v) is 4.50. The van der Waals surface area contributed by atoms with Crippen LogP contribution >= 0.6 is 0 Å². The first-order valence-electron chi connectivity index (χ1n) is 9.09. The Bertz CT molecular complexity index is 879. The van der Waals surface area contributed by atoms with Crippen LogP contribution in [0.4, 0.5) is 0 Å². The molecule has 1 amide bonds. The molecule has 2 N–H and O–H groups in total. The number of carbonyl (C=O) groups excluding carboxylic acids is 1. The molecule has 4 nitrogen and oxygen atoms in total. The van der Waals surface area contributed by atoms with Crippen LogP contribution in [-0.4, -0.2) is 24.5 Å². The summed E-state index contributed by atoms with van der Waals surface area (Å²) < 4.78 is 5.26. The average Bonchev–Trinajstić information content (AvgIpc) is 3.03. The zero-order valence-electron chi connectivity index (χ0n) is 15.6. The van der Waals surface area contributed by atoms with E-state index in [0.29, 0.717) is 18.8 Å². The normalized spacial score (nSPS) is 11.1.